The van der Waals surface area contributed by atoms with E-state index in [-0.39, 0.29) is 11.9 Å². The molecule has 3 nitrogen and oxygen atoms in total. The van der Waals surface area contributed by atoms with E-state index >= 15 is 0 Å². The van der Waals surface area contributed by atoms with Crippen molar-refractivity contribution in [2.24, 2.45) is 0 Å². The summed E-state index contributed by atoms with van der Waals surface area (Å²) in [6.45, 7) is 3.06. The second-order valence-corrected chi connectivity index (χ2v) is 5.49. The number of aliphatic hydroxyl groups is 1. The van der Waals surface area contributed by atoms with Crippen LogP contribution in [0.25, 0.3) is 0 Å². The Hall–Kier alpha value is -1.13. The third-order valence-electron chi connectivity index (χ3n) is 4.25. The first-order valence-electron chi connectivity index (χ1n) is 7.02. The number of hydrogen-bond donors (Lipinski definition) is 1. The van der Waals surface area contributed by atoms with Crippen molar-refractivity contribution in [2.45, 2.75) is 44.4 Å². The fourth-order valence-corrected chi connectivity index (χ4v) is 3.24. The highest BCUT2D eigenvalue weighted by Gasteiger charge is 2.36. The van der Waals surface area contributed by atoms with Crippen LogP contribution in [0, 0.1) is 5.82 Å². The summed E-state index contributed by atoms with van der Waals surface area (Å²) in [6, 6.07) is 5.35. The number of aliphatic hydroxyl groups excluding tert-OH is 1. The van der Waals surface area contributed by atoms with Crippen LogP contribution in [0.5, 0.6) is 0 Å². The lowest BCUT2D eigenvalue weighted by molar-refractivity contribution is 0.0254. The Morgan fingerprint density at radius 1 is 1.42 bits per heavy atom. The van der Waals surface area contributed by atoms with Crippen LogP contribution in [0.2, 0.25) is 0 Å². The van der Waals surface area contributed by atoms with Crippen LogP contribution in [0.15, 0.2) is 18.2 Å². The Balaban J connectivity index is 1.88. The smallest absolute Gasteiger partial charge is 0.146 e. The molecule has 1 aromatic carbocycles. The molecule has 3 rings (SSSR count). The fourth-order valence-electron chi connectivity index (χ4n) is 3.24. The molecule has 3 atom stereocenters. The van der Waals surface area contributed by atoms with Crippen LogP contribution in [0.3, 0.4) is 0 Å². The number of rotatable bonds is 2. The molecule has 19 heavy (non-hydrogen) atoms. The van der Waals surface area contributed by atoms with Crippen LogP contribution in [0.4, 0.5) is 10.1 Å². The first kappa shape index (κ1) is 12.9. The minimum Gasteiger partial charge on any atom is -0.389 e. The molecule has 104 valence electrons. The molecule has 1 aliphatic heterocycles. The summed E-state index contributed by atoms with van der Waals surface area (Å²) in [5.74, 6) is -0.244. The molecule has 1 aromatic rings. The number of fused-ring (bicyclic) bond motifs is 1. The van der Waals surface area contributed by atoms with Gasteiger partial charge in [0.2, 0.25) is 0 Å². The first-order chi connectivity index (χ1) is 9.16. The Morgan fingerprint density at radius 3 is 3.00 bits per heavy atom. The Morgan fingerprint density at radius 2 is 2.26 bits per heavy atom. The van der Waals surface area contributed by atoms with Gasteiger partial charge < -0.3 is 14.7 Å². The van der Waals surface area contributed by atoms with Crippen molar-refractivity contribution in [1.29, 1.82) is 0 Å². The number of morpholine rings is 1. The molecule has 1 N–H and O–H groups in total. The van der Waals surface area contributed by atoms with Gasteiger partial charge in [-0.05, 0) is 43.9 Å². The zero-order valence-corrected chi connectivity index (χ0v) is 11.2. The summed E-state index contributed by atoms with van der Waals surface area (Å²) in [4.78, 5) is 2.14. The van der Waals surface area contributed by atoms with E-state index in [1.54, 1.807) is 13.0 Å². The molecule has 1 heterocycles. The van der Waals surface area contributed by atoms with E-state index < -0.39 is 6.10 Å². The van der Waals surface area contributed by atoms with Crippen LogP contribution in [0.1, 0.15) is 37.9 Å². The Bertz CT molecular complexity index is 463. The van der Waals surface area contributed by atoms with E-state index in [1.165, 1.54) is 6.07 Å². The van der Waals surface area contributed by atoms with E-state index in [1.807, 2.05) is 6.07 Å². The molecule has 0 spiro atoms. The Labute approximate surface area is 113 Å². The highest BCUT2D eigenvalue weighted by Crippen LogP contribution is 2.34. The minimum atomic E-state index is -0.632. The molecule has 1 aliphatic carbocycles. The number of benzene rings is 1. The molecular formula is C15H20FNO2. The van der Waals surface area contributed by atoms with Crippen LogP contribution in [-0.4, -0.2) is 30.4 Å². The lowest BCUT2D eigenvalue weighted by Gasteiger charge is -2.39. The SMILES string of the molecule is C[C@@H](O)c1ccc(N2CCOC3CCCC32)c(F)c1. The zero-order valence-electron chi connectivity index (χ0n) is 11.2. The molecule has 2 aliphatic rings. The predicted molar refractivity (Wildman–Crippen MR) is 71.8 cm³/mol. The lowest BCUT2D eigenvalue weighted by Crippen LogP contribution is -2.49. The maximum Gasteiger partial charge on any atom is 0.146 e. The van der Waals surface area contributed by atoms with E-state index in [9.17, 15) is 9.50 Å². The van der Waals surface area contributed by atoms with Gasteiger partial charge >= 0.3 is 0 Å². The minimum absolute atomic E-state index is 0.244. The van der Waals surface area contributed by atoms with Gasteiger partial charge in [-0.25, -0.2) is 4.39 Å². The van der Waals surface area contributed by atoms with E-state index in [2.05, 4.69) is 4.90 Å². The second-order valence-electron chi connectivity index (χ2n) is 5.49. The van der Waals surface area contributed by atoms with E-state index in [0.717, 1.165) is 25.8 Å². The van der Waals surface area contributed by atoms with E-state index in [0.29, 0.717) is 23.9 Å². The van der Waals surface area contributed by atoms with Gasteiger partial charge in [0.05, 0.1) is 30.5 Å². The maximum absolute atomic E-state index is 14.3. The van der Waals surface area contributed by atoms with Crippen LogP contribution >= 0.6 is 0 Å². The van der Waals surface area contributed by atoms with Gasteiger partial charge in [0.25, 0.3) is 0 Å². The molecule has 1 saturated heterocycles. The number of halogens is 1. The molecule has 0 bridgehead atoms. The maximum atomic E-state index is 14.3. The van der Waals surface area contributed by atoms with E-state index in [4.69, 9.17) is 4.74 Å². The summed E-state index contributed by atoms with van der Waals surface area (Å²) >= 11 is 0. The molecule has 4 heteroatoms. The monoisotopic (exact) mass is 265 g/mol. The van der Waals surface area contributed by atoms with Gasteiger partial charge in [0, 0.05) is 6.54 Å². The highest BCUT2D eigenvalue weighted by atomic mass is 19.1. The topological polar surface area (TPSA) is 32.7 Å². The molecule has 2 fully saturated rings. The average Bonchev–Trinajstić information content (AvgIpc) is 2.86. The third-order valence-corrected chi connectivity index (χ3v) is 4.25. The largest absolute Gasteiger partial charge is 0.389 e. The summed E-state index contributed by atoms with van der Waals surface area (Å²) in [6.07, 6.45) is 2.92. The van der Waals surface area contributed by atoms with Crippen molar-refractivity contribution in [2.75, 3.05) is 18.1 Å². The summed E-state index contributed by atoms with van der Waals surface area (Å²) < 4.78 is 20.0. The molecular weight excluding hydrogens is 245 g/mol. The quantitative estimate of drug-likeness (QED) is 0.892. The predicted octanol–water partition coefficient (Wildman–Crippen LogP) is 2.64. The number of nitrogens with zero attached hydrogens (tertiary/aromatic N) is 1. The summed E-state index contributed by atoms with van der Waals surface area (Å²) in [7, 11) is 0. The van der Waals surface area contributed by atoms with Gasteiger partial charge in [-0.1, -0.05) is 6.07 Å². The molecule has 0 aromatic heterocycles. The molecule has 0 amide bonds. The Kier molecular flexibility index (Phi) is 3.46. The number of hydrogen-bond acceptors (Lipinski definition) is 3. The van der Waals surface area contributed by atoms with Crippen molar-refractivity contribution in [3.05, 3.63) is 29.6 Å². The highest BCUT2D eigenvalue weighted by molar-refractivity contribution is 5.51. The first-order valence-corrected chi connectivity index (χ1v) is 7.02. The lowest BCUT2D eigenvalue weighted by atomic mass is 10.1. The summed E-state index contributed by atoms with van der Waals surface area (Å²) in [5, 5.41) is 9.50. The van der Waals surface area contributed by atoms with Crippen LogP contribution < -0.4 is 4.90 Å². The van der Waals surface area contributed by atoms with Gasteiger partial charge in [-0.3, -0.25) is 0 Å². The molecule has 2 unspecified atom stereocenters. The normalized spacial score (nSPS) is 28.3. The van der Waals surface area contributed by atoms with Gasteiger partial charge in [-0.2, -0.15) is 0 Å². The number of ether oxygens (including phenoxy) is 1. The fraction of sp³-hybridized carbons (Fsp3) is 0.600. The third kappa shape index (κ3) is 2.35. The van der Waals surface area contributed by atoms with Crippen molar-refractivity contribution in [3.63, 3.8) is 0 Å². The van der Waals surface area contributed by atoms with Gasteiger partial charge in [0.1, 0.15) is 5.82 Å². The zero-order chi connectivity index (χ0) is 13.4. The molecule has 1 saturated carbocycles. The standard InChI is InChI=1S/C15H20FNO2/c1-10(18)11-5-6-13(12(16)9-11)17-7-8-19-15-4-2-3-14(15)17/h5-6,9-10,14-15,18H,2-4,7-8H2,1H3/t10-,14?,15?/m1/s1. The summed E-state index contributed by atoms with van der Waals surface area (Å²) in [5.41, 5.74) is 1.27. The van der Waals surface area contributed by atoms with Crippen molar-refractivity contribution < 1.29 is 14.2 Å². The van der Waals surface area contributed by atoms with Gasteiger partial charge in [-0.15, -0.1) is 0 Å². The van der Waals surface area contributed by atoms with Gasteiger partial charge in [0.15, 0.2) is 0 Å². The average molecular weight is 265 g/mol. The second kappa shape index (κ2) is 5.10. The van der Waals surface area contributed by atoms with Crippen molar-refractivity contribution in [3.8, 4) is 0 Å². The van der Waals surface area contributed by atoms with Crippen molar-refractivity contribution in [1.82, 2.24) is 0 Å². The molecule has 0 radical (unpaired) electrons. The number of anilines is 1. The van der Waals surface area contributed by atoms with Crippen molar-refractivity contribution >= 4 is 5.69 Å². The van der Waals surface area contributed by atoms with Crippen LogP contribution in [-0.2, 0) is 4.74 Å².